The molecule has 35 heavy (non-hydrogen) atoms. The number of sulfonamides is 1. The molecular formula is C27H28N2O5S. The van der Waals surface area contributed by atoms with Crippen molar-refractivity contribution in [2.75, 3.05) is 30.6 Å². The molecule has 0 spiro atoms. The molecule has 0 saturated carbocycles. The molecule has 8 heteroatoms. The topological polar surface area (TPSA) is 76.1 Å². The number of ether oxygens (including phenoxy) is 2. The fraction of sp³-hybridized carbons (Fsp3) is 0.296. The fourth-order valence-corrected chi connectivity index (χ4v) is 6.23. The maximum atomic E-state index is 13.6. The quantitative estimate of drug-likeness (QED) is 0.514. The zero-order valence-corrected chi connectivity index (χ0v) is 20.5. The Bertz CT molecular complexity index is 1360. The van der Waals surface area contributed by atoms with Crippen LogP contribution in [-0.4, -0.2) is 45.5 Å². The average Bonchev–Trinajstić information content (AvgIpc) is 2.91. The summed E-state index contributed by atoms with van der Waals surface area (Å²) in [6, 6.07) is 19.6. The monoisotopic (exact) mass is 492 g/mol. The van der Waals surface area contributed by atoms with Crippen molar-refractivity contribution in [1.29, 1.82) is 0 Å². The summed E-state index contributed by atoms with van der Waals surface area (Å²) >= 11 is 0. The molecule has 182 valence electrons. The second-order valence-electron chi connectivity index (χ2n) is 8.60. The third kappa shape index (κ3) is 4.46. The van der Waals surface area contributed by atoms with Gasteiger partial charge in [-0.25, -0.2) is 8.42 Å². The van der Waals surface area contributed by atoms with Crippen LogP contribution in [0, 0.1) is 0 Å². The van der Waals surface area contributed by atoms with Gasteiger partial charge in [0, 0.05) is 30.8 Å². The van der Waals surface area contributed by atoms with Crippen LogP contribution in [-0.2, 0) is 23.0 Å². The minimum atomic E-state index is -3.81. The Hall–Kier alpha value is -3.52. The summed E-state index contributed by atoms with van der Waals surface area (Å²) < 4.78 is 40.1. The van der Waals surface area contributed by atoms with E-state index < -0.39 is 10.0 Å². The van der Waals surface area contributed by atoms with E-state index in [1.165, 1.54) is 10.4 Å². The summed E-state index contributed by atoms with van der Waals surface area (Å²) in [6.07, 6.45) is 1.61. The number of carbonyl (C=O) groups excluding carboxylic acids is 1. The van der Waals surface area contributed by atoms with Crippen LogP contribution in [0.4, 0.5) is 5.69 Å². The lowest BCUT2D eigenvalue weighted by Crippen LogP contribution is -2.35. The molecule has 0 aliphatic carbocycles. The van der Waals surface area contributed by atoms with Gasteiger partial charge in [-0.05, 0) is 55.7 Å². The highest BCUT2D eigenvalue weighted by Gasteiger charge is 2.30. The van der Waals surface area contributed by atoms with Crippen LogP contribution in [0.15, 0.2) is 71.6 Å². The fourth-order valence-electron chi connectivity index (χ4n) is 4.64. The number of nitrogens with zero attached hydrogens (tertiary/aromatic N) is 2. The van der Waals surface area contributed by atoms with Crippen molar-refractivity contribution in [2.24, 2.45) is 0 Å². The summed E-state index contributed by atoms with van der Waals surface area (Å²) in [7, 11) is -3.81. The number of fused-ring (bicyclic) bond motifs is 2. The summed E-state index contributed by atoms with van der Waals surface area (Å²) in [5.74, 6) is 1.09. The Labute approximate surface area is 205 Å². The van der Waals surface area contributed by atoms with Gasteiger partial charge >= 0.3 is 0 Å². The van der Waals surface area contributed by atoms with Crippen LogP contribution in [0.1, 0.15) is 34.8 Å². The second kappa shape index (κ2) is 9.62. The van der Waals surface area contributed by atoms with Crippen LogP contribution in [0.25, 0.3) is 0 Å². The molecule has 0 saturated heterocycles. The molecule has 7 nitrogen and oxygen atoms in total. The van der Waals surface area contributed by atoms with Crippen molar-refractivity contribution in [3.8, 4) is 11.5 Å². The number of hydrogen-bond acceptors (Lipinski definition) is 5. The van der Waals surface area contributed by atoms with E-state index in [4.69, 9.17) is 9.47 Å². The Balaban J connectivity index is 1.42. The minimum Gasteiger partial charge on any atom is -0.486 e. The molecule has 2 aliphatic rings. The highest BCUT2D eigenvalue weighted by Crippen LogP contribution is 2.35. The predicted octanol–water partition coefficient (Wildman–Crippen LogP) is 4.26. The normalized spacial score (nSPS) is 14.8. The molecule has 0 fully saturated rings. The number of hydrogen-bond donors (Lipinski definition) is 0. The average molecular weight is 493 g/mol. The second-order valence-corrected chi connectivity index (χ2v) is 10.5. The summed E-state index contributed by atoms with van der Waals surface area (Å²) in [5, 5.41) is 0. The zero-order valence-electron chi connectivity index (χ0n) is 19.6. The van der Waals surface area contributed by atoms with Crippen LogP contribution < -0.4 is 13.8 Å². The summed E-state index contributed by atoms with van der Waals surface area (Å²) in [4.78, 5) is 15.2. The van der Waals surface area contributed by atoms with Crippen molar-refractivity contribution >= 4 is 21.6 Å². The van der Waals surface area contributed by atoms with Crippen molar-refractivity contribution in [3.63, 3.8) is 0 Å². The van der Waals surface area contributed by atoms with Gasteiger partial charge in [-0.3, -0.25) is 9.10 Å². The van der Waals surface area contributed by atoms with Gasteiger partial charge in [0.25, 0.3) is 15.9 Å². The van der Waals surface area contributed by atoms with E-state index in [1.807, 2.05) is 49.4 Å². The third-order valence-electron chi connectivity index (χ3n) is 6.41. The first-order valence-corrected chi connectivity index (χ1v) is 13.3. The zero-order chi connectivity index (χ0) is 24.4. The minimum absolute atomic E-state index is 0.116. The molecule has 0 N–H and O–H groups in total. The van der Waals surface area contributed by atoms with Crippen molar-refractivity contribution in [1.82, 2.24) is 4.90 Å². The maximum absolute atomic E-state index is 13.6. The lowest BCUT2D eigenvalue weighted by molar-refractivity contribution is 0.0749. The molecule has 0 aromatic heterocycles. The van der Waals surface area contributed by atoms with E-state index in [2.05, 4.69) is 0 Å². The highest BCUT2D eigenvalue weighted by atomic mass is 32.2. The SMILES string of the molecule is CCN(Cc1cccc2c1OCCO2)C(=O)c1cccc(S(=O)(=O)N2CCCc3ccccc32)c1. The first-order valence-electron chi connectivity index (χ1n) is 11.9. The van der Waals surface area contributed by atoms with Crippen molar-refractivity contribution in [2.45, 2.75) is 31.2 Å². The smallest absolute Gasteiger partial charge is 0.264 e. The van der Waals surface area contributed by atoms with Gasteiger partial charge in [0.15, 0.2) is 11.5 Å². The molecule has 2 heterocycles. The molecule has 0 bridgehead atoms. The standard InChI is InChI=1S/C27H28N2O5S/c1-2-28(19-22-10-6-14-25-26(22)34-17-16-33-25)27(30)21-9-5-12-23(18-21)35(31,32)29-15-7-11-20-8-3-4-13-24(20)29/h3-6,8-10,12-14,18H,2,7,11,15-17,19H2,1H3. The number of amides is 1. The van der Waals surface area contributed by atoms with E-state index in [9.17, 15) is 13.2 Å². The number of para-hydroxylation sites is 2. The van der Waals surface area contributed by atoms with Gasteiger partial charge in [0.1, 0.15) is 13.2 Å². The Morgan fingerprint density at radius 2 is 1.80 bits per heavy atom. The van der Waals surface area contributed by atoms with Gasteiger partial charge in [-0.2, -0.15) is 0 Å². The van der Waals surface area contributed by atoms with E-state index in [0.717, 1.165) is 24.0 Å². The van der Waals surface area contributed by atoms with Crippen LogP contribution in [0.5, 0.6) is 11.5 Å². The highest BCUT2D eigenvalue weighted by molar-refractivity contribution is 7.92. The van der Waals surface area contributed by atoms with E-state index in [0.29, 0.717) is 55.6 Å². The van der Waals surface area contributed by atoms with Gasteiger partial charge in [0.05, 0.1) is 10.6 Å². The molecule has 3 aromatic rings. The molecule has 1 amide bonds. The third-order valence-corrected chi connectivity index (χ3v) is 8.22. The summed E-state index contributed by atoms with van der Waals surface area (Å²) in [6.45, 7) is 4.06. The predicted molar refractivity (Wildman–Crippen MR) is 134 cm³/mol. The Kier molecular flexibility index (Phi) is 6.38. The number of benzene rings is 3. The van der Waals surface area contributed by atoms with E-state index in [-0.39, 0.29) is 10.8 Å². The van der Waals surface area contributed by atoms with E-state index >= 15 is 0 Å². The van der Waals surface area contributed by atoms with Crippen LogP contribution >= 0.6 is 0 Å². The first kappa shape index (κ1) is 23.2. The van der Waals surface area contributed by atoms with Gasteiger partial charge in [-0.15, -0.1) is 0 Å². The largest absolute Gasteiger partial charge is 0.486 e. The Morgan fingerprint density at radius 3 is 2.66 bits per heavy atom. The number of anilines is 1. The van der Waals surface area contributed by atoms with Gasteiger partial charge in [0.2, 0.25) is 0 Å². The lowest BCUT2D eigenvalue weighted by Gasteiger charge is -2.30. The lowest BCUT2D eigenvalue weighted by atomic mass is 10.0. The van der Waals surface area contributed by atoms with Crippen LogP contribution in [0.2, 0.25) is 0 Å². The number of rotatable bonds is 6. The molecule has 0 unspecified atom stereocenters. The van der Waals surface area contributed by atoms with Gasteiger partial charge in [-0.1, -0.05) is 36.4 Å². The first-order chi connectivity index (χ1) is 17.0. The van der Waals surface area contributed by atoms with Crippen LogP contribution in [0.3, 0.4) is 0 Å². The maximum Gasteiger partial charge on any atom is 0.264 e. The number of aryl methyl sites for hydroxylation is 1. The Morgan fingerprint density at radius 1 is 1.00 bits per heavy atom. The molecule has 3 aromatic carbocycles. The molecular weight excluding hydrogens is 464 g/mol. The molecule has 0 atom stereocenters. The van der Waals surface area contributed by atoms with Gasteiger partial charge < -0.3 is 14.4 Å². The van der Waals surface area contributed by atoms with E-state index in [1.54, 1.807) is 23.1 Å². The summed E-state index contributed by atoms with van der Waals surface area (Å²) in [5.41, 5.74) is 2.91. The molecule has 0 radical (unpaired) electrons. The van der Waals surface area contributed by atoms with Crippen molar-refractivity contribution < 1.29 is 22.7 Å². The van der Waals surface area contributed by atoms with Crippen molar-refractivity contribution in [3.05, 3.63) is 83.4 Å². The molecule has 5 rings (SSSR count). The number of carbonyl (C=O) groups is 1. The molecule has 2 aliphatic heterocycles.